The summed E-state index contributed by atoms with van der Waals surface area (Å²) in [6.45, 7) is 2.68. The molecule has 64 heavy (non-hydrogen) atoms. The van der Waals surface area contributed by atoms with Crippen molar-refractivity contribution < 1.29 is 23.9 Å². The zero-order valence-electron chi connectivity index (χ0n) is 36.7. The van der Waals surface area contributed by atoms with Crippen LogP contribution in [0.3, 0.4) is 0 Å². The lowest BCUT2D eigenvalue weighted by atomic mass is 9.92. The molecule has 334 valence electrons. The van der Waals surface area contributed by atoms with Gasteiger partial charge in [0, 0.05) is 59.6 Å². The van der Waals surface area contributed by atoms with Crippen molar-refractivity contribution in [1.29, 1.82) is 0 Å². The Bertz CT molecular complexity index is 2780. The van der Waals surface area contributed by atoms with E-state index < -0.39 is 11.9 Å². The smallest absolute Gasteiger partial charge is 0.329 e. The molecular weight excluding hydrogens is 827 g/mol. The van der Waals surface area contributed by atoms with Crippen molar-refractivity contribution >= 4 is 72.7 Å². The molecule has 14 heteroatoms. The number of imide groups is 1. The maximum Gasteiger partial charge on any atom is 0.329 e. The lowest BCUT2D eigenvalue weighted by Gasteiger charge is -2.29. The average molecular weight is 884 g/mol. The molecular formula is C50H57N7O6S. The predicted molar refractivity (Wildman–Crippen MR) is 252 cm³/mol. The highest BCUT2D eigenvalue weighted by Gasteiger charge is 2.31. The molecule has 6 aromatic rings. The molecule has 9 rings (SSSR count). The Balaban J connectivity index is 0.654. The predicted octanol–water partition coefficient (Wildman–Crippen LogP) is 8.46. The van der Waals surface area contributed by atoms with E-state index in [0.29, 0.717) is 19.4 Å². The minimum atomic E-state index is -0.673. The Labute approximate surface area is 376 Å². The van der Waals surface area contributed by atoms with Gasteiger partial charge in [-0.25, -0.2) is 9.78 Å². The molecule has 2 aliphatic heterocycles. The molecule has 5 heterocycles. The molecule has 3 aliphatic rings. The summed E-state index contributed by atoms with van der Waals surface area (Å²) in [6.07, 6.45) is 13.4. The van der Waals surface area contributed by atoms with Gasteiger partial charge in [-0.05, 0) is 125 Å². The largest absolute Gasteiger partial charge is 0.490 e. The Morgan fingerprint density at radius 1 is 0.859 bits per heavy atom. The first-order valence-electron chi connectivity index (χ1n) is 23.1. The van der Waals surface area contributed by atoms with E-state index in [1.807, 2.05) is 49.4 Å². The number of carbonyl (C=O) groups excluding carboxylic acids is 4. The molecule has 1 saturated carbocycles. The number of amides is 4. The highest BCUT2D eigenvalue weighted by Crippen LogP contribution is 2.41. The van der Waals surface area contributed by atoms with Gasteiger partial charge in [0.15, 0.2) is 0 Å². The van der Waals surface area contributed by atoms with E-state index in [9.17, 15) is 24.0 Å². The molecule has 13 nitrogen and oxygen atoms in total. The van der Waals surface area contributed by atoms with Gasteiger partial charge in [0.2, 0.25) is 17.7 Å². The fourth-order valence-electron chi connectivity index (χ4n) is 9.70. The molecule has 0 bridgehead atoms. The van der Waals surface area contributed by atoms with Crippen LogP contribution >= 0.6 is 11.3 Å². The molecule has 1 unspecified atom stereocenters. The van der Waals surface area contributed by atoms with E-state index in [4.69, 9.17) is 9.72 Å². The Hall–Kier alpha value is -6.02. The van der Waals surface area contributed by atoms with Crippen molar-refractivity contribution in [2.75, 3.05) is 11.9 Å². The highest BCUT2D eigenvalue weighted by atomic mass is 32.1. The van der Waals surface area contributed by atoms with E-state index in [-0.39, 0.29) is 48.0 Å². The molecule has 1 saturated heterocycles. The second-order valence-electron chi connectivity index (χ2n) is 17.9. The number of thiophene rings is 1. The van der Waals surface area contributed by atoms with Crippen LogP contribution in [-0.2, 0) is 27.9 Å². The van der Waals surface area contributed by atoms with Crippen LogP contribution in [0.4, 0.5) is 5.69 Å². The summed E-state index contributed by atoms with van der Waals surface area (Å²) in [4.78, 5) is 68.5. The summed E-state index contributed by atoms with van der Waals surface area (Å²) in [5.41, 5.74) is 6.12. The highest BCUT2D eigenvalue weighted by molar-refractivity contribution is 7.21. The van der Waals surface area contributed by atoms with Crippen molar-refractivity contribution in [3.05, 3.63) is 87.7 Å². The van der Waals surface area contributed by atoms with Gasteiger partial charge in [0.05, 0.1) is 34.0 Å². The molecule has 0 spiro atoms. The van der Waals surface area contributed by atoms with Crippen LogP contribution < -0.4 is 31.7 Å². The number of unbranched alkanes of at least 4 members (excludes halogenated alkanes) is 6. The lowest BCUT2D eigenvalue weighted by molar-refractivity contribution is -0.135. The second kappa shape index (κ2) is 19.0. The van der Waals surface area contributed by atoms with E-state index in [1.165, 1.54) is 21.5 Å². The zero-order valence-corrected chi connectivity index (χ0v) is 37.5. The third-order valence-corrected chi connectivity index (χ3v) is 14.4. The minimum absolute atomic E-state index is 0.0300. The third-order valence-electron chi connectivity index (χ3n) is 13.2. The number of hydrogen-bond donors (Lipinski definition) is 4. The number of nitrogens with zero attached hydrogens (tertiary/aromatic N) is 3. The van der Waals surface area contributed by atoms with Crippen LogP contribution in [0.1, 0.15) is 118 Å². The first kappa shape index (κ1) is 43.2. The number of fused-ring (bicyclic) bond motifs is 6. The first-order chi connectivity index (χ1) is 31.1. The number of aryl methyl sites for hydroxylation is 2. The number of imidazole rings is 1. The Morgan fingerprint density at radius 2 is 1.62 bits per heavy atom. The molecule has 1 aliphatic carbocycles. The zero-order chi connectivity index (χ0) is 44.3. The third kappa shape index (κ3) is 9.29. The number of pyridine rings is 1. The maximum atomic E-state index is 13.1. The SMILES string of the molecule is C[C@@H]1CNc2c(sc3ccc4nc(-c5ccc(OC6CCC(NC(=O)CCCCCCCCCc7ccc8c(c7)n(C)c(=O)n8C7CCC(=O)NC7=O)CC6)cc5)ccc4c23)C(=O)N1. The number of aromatic nitrogens is 3. The summed E-state index contributed by atoms with van der Waals surface area (Å²) < 4.78 is 10.6. The van der Waals surface area contributed by atoms with Gasteiger partial charge in [-0.3, -0.25) is 33.6 Å². The number of benzene rings is 3. The van der Waals surface area contributed by atoms with Crippen LogP contribution in [0, 0.1) is 0 Å². The molecule has 4 N–H and O–H groups in total. The van der Waals surface area contributed by atoms with E-state index in [1.54, 1.807) is 11.6 Å². The van der Waals surface area contributed by atoms with Crippen LogP contribution in [0.25, 0.3) is 43.3 Å². The van der Waals surface area contributed by atoms with E-state index >= 15 is 0 Å². The Morgan fingerprint density at radius 3 is 2.41 bits per heavy atom. The summed E-state index contributed by atoms with van der Waals surface area (Å²) in [5, 5.41) is 14.3. The van der Waals surface area contributed by atoms with Crippen LogP contribution in [0.5, 0.6) is 5.75 Å². The van der Waals surface area contributed by atoms with Crippen molar-refractivity contribution in [2.24, 2.45) is 7.05 Å². The number of carbonyl (C=O) groups is 4. The number of rotatable bonds is 15. The maximum absolute atomic E-state index is 13.1. The molecule has 0 radical (unpaired) electrons. The topological polar surface area (TPSA) is 165 Å². The van der Waals surface area contributed by atoms with Gasteiger partial charge in [-0.15, -0.1) is 11.3 Å². The van der Waals surface area contributed by atoms with E-state index in [2.05, 4.69) is 45.5 Å². The monoisotopic (exact) mass is 883 g/mol. The molecule has 3 aromatic carbocycles. The molecule has 2 atom stereocenters. The van der Waals surface area contributed by atoms with Crippen LogP contribution in [0.15, 0.2) is 71.5 Å². The molecule has 3 aromatic heterocycles. The van der Waals surface area contributed by atoms with Crippen LogP contribution in [0.2, 0.25) is 0 Å². The van der Waals surface area contributed by atoms with Crippen molar-refractivity contribution in [3.63, 3.8) is 0 Å². The van der Waals surface area contributed by atoms with Gasteiger partial charge in [0.1, 0.15) is 16.7 Å². The van der Waals surface area contributed by atoms with Gasteiger partial charge >= 0.3 is 5.69 Å². The van der Waals surface area contributed by atoms with Crippen LogP contribution in [-0.4, -0.2) is 62.5 Å². The second-order valence-corrected chi connectivity index (χ2v) is 19.0. The standard InChI is InChI=1S/C50H57N7O6S/c1-30-29-51-46-45-36-21-22-37(54-38(36)23-26-42(45)64-47(46)49(61)52-30)32-13-17-34(18-14-32)63-35-19-15-33(16-20-35)53-43(58)11-9-7-5-3-4-6-8-10-31-12-24-39-41(28-31)56(2)50(62)57(39)40-25-27-44(59)55-48(40)60/h12-14,17-18,21-24,26,28,30,33,35,40,51H,3-11,15-16,19-20,25,27,29H2,1-2H3,(H,52,61)(H,53,58)(H,55,59,60)/t30-,33?,35?,40?/m1/s1. The number of anilines is 1. The summed E-state index contributed by atoms with van der Waals surface area (Å²) in [5.74, 6) is 0.245. The normalized spacial score (nSPS) is 20.1. The average Bonchev–Trinajstić information content (AvgIpc) is 3.74. The summed E-state index contributed by atoms with van der Waals surface area (Å²) in [6, 6.07) is 22.0. The van der Waals surface area contributed by atoms with E-state index in [0.717, 1.165) is 137 Å². The van der Waals surface area contributed by atoms with Gasteiger partial charge in [0.25, 0.3) is 5.91 Å². The lowest BCUT2D eigenvalue weighted by Crippen LogP contribution is -2.44. The van der Waals surface area contributed by atoms with Crippen molar-refractivity contribution in [3.8, 4) is 17.0 Å². The number of hydrogen-bond acceptors (Lipinski definition) is 9. The summed E-state index contributed by atoms with van der Waals surface area (Å²) >= 11 is 1.52. The van der Waals surface area contributed by atoms with Crippen molar-refractivity contribution in [1.82, 2.24) is 30.1 Å². The molecule has 4 amide bonds. The fourth-order valence-corrected chi connectivity index (χ4v) is 10.8. The minimum Gasteiger partial charge on any atom is -0.490 e. The quantitative estimate of drug-likeness (QED) is 0.0589. The number of piperidine rings is 1. The first-order valence-corrected chi connectivity index (χ1v) is 23.9. The van der Waals surface area contributed by atoms with Gasteiger partial charge in [-0.2, -0.15) is 0 Å². The fraction of sp³-hybridized carbons (Fsp3) is 0.440. The van der Waals surface area contributed by atoms with Gasteiger partial charge in [-0.1, -0.05) is 38.2 Å². The Kier molecular flexibility index (Phi) is 12.8. The van der Waals surface area contributed by atoms with Crippen molar-refractivity contribution in [2.45, 2.75) is 127 Å². The number of nitrogens with one attached hydrogen (secondary N) is 4. The van der Waals surface area contributed by atoms with Gasteiger partial charge < -0.3 is 20.7 Å². The summed E-state index contributed by atoms with van der Waals surface area (Å²) in [7, 11) is 1.73. The number of ether oxygens (including phenoxy) is 1. The molecule has 2 fully saturated rings.